The molecule has 1 aromatic heterocycles. The topological polar surface area (TPSA) is 69.4 Å². The molecule has 0 saturated carbocycles. The molecule has 3 aromatic rings. The van der Waals surface area contributed by atoms with Crippen LogP contribution in [0.25, 0.3) is 11.5 Å². The number of rotatable bonds is 5. The molecule has 0 saturated heterocycles. The highest BCUT2D eigenvalue weighted by molar-refractivity contribution is 7.90. The maximum Gasteiger partial charge on any atom is 0.226 e. The van der Waals surface area contributed by atoms with Gasteiger partial charge in [-0.25, -0.2) is 17.8 Å². The predicted octanol–water partition coefficient (Wildman–Crippen LogP) is 3.46. The number of nitrogens with zero attached hydrogens (tertiary/aromatic N) is 1. The van der Waals surface area contributed by atoms with Gasteiger partial charge >= 0.3 is 0 Å². The Balaban J connectivity index is 1.71. The van der Waals surface area contributed by atoms with Crippen molar-refractivity contribution in [3.63, 3.8) is 0 Å². The monoisotopic (exact) mass is 347 g/mol. The van der Waals surface area contributed by atoms with E-state index in [1.807, 2.05) is 0 Å². The van der Waals surface area contributed by atoms with E-state index in [1.54, 1.807) is 24.3 Å². The third-order valence-corrected chi connectivity index (χ3v) is 4.37. The van der Waals surface area contributed by atoms with Crippen molar-refractivity contribution in [3.8, 4) is 17.2 Å². The Hall–Kier alpha value is -2.67. The van der Waals surface area contributed by atoms with Gasteiger partial charge in [-0.3, -0.25) is 0 Å². The van der Waals surface area contributed by atoms with E-state index in [-0.39, 0.29) is 17.3 Å². The summed E-state index contributed by atoms with van der Waals surface area (Å²) < 4.78 is 46.9. The fraction of sp³-hybridized carbons (Fsp3) is 0.118. The van der Waals surface area contributed by atoms with Gasteiger partial charge in [0.1, 0.15) is 30.1 Å². The quantitative estimate of drug-likeness (QED) is 0.707. The first-order chi connectivity index (χ1) is 11.4. The number of hydrogen-bond donors (Lipinski definition) is 0. The van der Waals surface area contributed by atoms with Crippen LogP contribution in [0.3, 0.4) is 0 Å². The molecule has 0 radical (unpaired) electrons. The fourth-order valence-electron chi connectivity index (χ4n) is 2.05. The van der Waals surface area contributed by atoms with Crippen LogP contribution < -0.4 is 4.74 Å². The number of halogens is 1. The molecule has 0 aliphatic rings. The summed E-state index contributed by atoms with van der Waals surface area (Å²) in [6.07, 6.45) is 2.58. The van der Waals surface area contributed by atoms with Crippen LogP contribution in [0.15, 0.2) is 64.1 Å². The predicted molar refractivity (Wildman–Crippen MR) is 85.8 cm³/mol. The van der Waals surface area contributed by atoms with E-state index in [2.05, 4.69) is 4.98 Å². The molecule has 0 aliphatic heterocycles. The zero-order valence-corrected chi connectivity index (χ0v) is 13.6. The van der Waals surface area contributed by atoms with E-state index < -0.39 is 9.84 Å². The van der Waals surface area contributed by atoms with Crippen molar-refractivity contribution in [2.75, 3.05) is 6.26 Å². The average molecular weight is 347 g/mol. The van der Waals surface area contributed by atoms with Crippen molar-refractivity contribution in [2.24, 2.45) is 0 Å². The highest BCUT2D eigenvalue weighted by atomic mass is 32.2. The van der Waals surface area contributed by atoms with Crippen LogP contribution in [-0.4, -0.2) is 19.7 Å². The smallest absolute Gasteiger partial charge is 0.226 e. The lowest BCUT2D eigenvalue weighted by Crippen LogP contribution is -1.99. The Kier molecular flexibility index (Phi) is 4.35. The number of benzene rings is 2. The van der Waals surface area contributed by atoms with Gasteiger partial charge in [0.05, 0.1) is 4.90 Å². The van der Waals surface area contributed by atoms with Crippen molar-refractivity contribution in [1.29, 1.82) is 0 Å². The van der Waals surface area contributed by atoms with Crippen molar-refractivity contribution in [2.45, 2.75) is 11.5 Å². The van der Waals surface area contributed by atoms with E-state index in [0.717, 1.165) is 6.26 Å². The molecule has 0 fully saturated rings. The summed E-state index contributed by atoms with van der Waals surface area (Å²) in [5.41, 5.74) is 1.20. The summed E-state index contributed by atoms with van der Waals surface area (Å²) in [5.74, 6) is 0.447. The molecule has 0 bridgehead atoms. The molecule has 3 rings (SSSR count). The van der Waals surface area contributed by atoms with E-state index in [0.29, 0.717) is 22.9 Å². The molecule has 5 nitrogen and oxygen atoms in total. The van der Waals surface area contributed by atoms with Crippen LogP contribution in [0.5, 0.6) is 5.75 Å². The molecular weight excluding hydrogens is 333 g/mol. The molecule has 1 heterocycles. The summed E-state index contributed by atoms with van der Waals surface area (Å²) in [4.78, 5) is 4.45. The molecule has 0 spiro atoms. The van der Waals surface area contributed by atoms with Crippen molar-refractivity contribution < 1.29 is 22.0 Å². The molecule has 0 amide bonds. The molecular formula is C17H14FNO4S. The second-order valence-electron chi connectivity index (χ2n) is 5.19. The Morgan fingerprint density at radius 2 is 1.92 bits per heavy atom. The standard InChI is InChI=1S/C17H14FNO4S/c1-24(20,21)16-4-2-3-15(9-16)22-10-14-11-23-17(19-14)12-5-7-13(18)8-6-12/h2-9,11H,10H2,1H3. The lowest BCUT2D eigenvalue weighted by atomic mass is 10.2. The van der Waals surface area contributed by atoms with E-state index >= 15 is 0 Å². The van der Waals surface area contributed by atoms with Crippen molar-refractivity contribution in [3.05, 3.63) is 66.3 Å². The summed E-state index contributed by atoms with van der Waals surface area (Å²) in [7, 11) is -3.29. The SMILES string of the molecule is CS(=O)(=O)c1cccc(OCc2coc(-c3ccc(F)cc3)n2)c1. The molecule has 124 valence electrons. The molecule has 0 aliphatic carbocycles. The van der Waals surface area contributed by atoms with Crippen LogP contribution >= 0.6 is 0 Å². The maximum absolute atomic E-state index is 12.9. The van der Waals surface area contributed by atoms with Crippen LogP contribution in [0.4, 0.5) is 4.39 Å². The highest BCUT2D eigenvalue weighted by Gasteiger charge is 2.10. The highest BCUT2D eigenvalue weighted by Crippen LogP contribution is 2.21. The van der Waals surface area contributed by atoms with Gasteiger partial charge in [0.2, 0.25) is 5.89 Å². The van der Waals surface area contributed by atoms with Crippen molar-refractivity contribution in [1.82, 2.24) is 4.98 Å². The first kappa shape index (κ1) is 16.2. The molecule has 0 atom stereocenters. The molecule has 0 unspecified atom stereocenters. The molecule has 24 heavy (non-hydrogen) atoms. The Bertz CT molecular complexity index is 949. The first-order valence-corrected chi connectivity index (χ1v) is 8.94. The normalized spacial score (nSPS) is 11.4. The summed E-state index contributed by atoms with van der Waals surface area (Å²) in [5, 5.41) is 0. The Morgan fingerprint density at radius 1 is 1.17 bits per heavy atom. The third-order valence-electron chi connectivity index (χ3n) is 3.26. The molecule has 7 heteroatoms. The van der Waals surface area contributed by atoms with Gasteiger partial charge in [-0.15, -0.1) is 0 Å². The van der Waals surface area contributed by atoms with Crippen LogP contribution in [-0.2, 0) is 16.4 Å². The van der Waals surface area contributed by atoms with Gasteiger partial charge < -0.3 is 9.15 Å². The number of hydrogen-bond acceptors (Lipinski definition) is 5. The summed E-state index contributed by atoms with van der Waals surface area (Å²) >= 11 is 0. The van der Waals surface area contributed by atoms with Crippen molar-refractivity contribution >= 4 is 9.84 Å². The largest absolute Gasteiger partial charge is 0.487 e. The maximum atomic E-state index is 12.9. The minimum atomic E-state index is -3.29. The van der Waals surface area contributed by atoms with E-state index in [9.17, 15) is 12.8 Å². The molecule has 2 aromatic carbocycles. The van der Waals surface area contributed by atoms with Gasteiger partial charge in [-0.05, 0) is 42.5 Å². The zero-order valence-electron chi connectivity index (χ0n) is 12.8. The Labute approximate surface area is 138 Å². The Morgan fingerprint density at radius 3 is 2.62 bits per heavy atom. The lowest BCUT2D eigenvalue weighted by molar-refractivity contribution is 0.300. The second-order valence-corrected chi connectivity index (χ2v) is 7.20. The summed E-state index contributed by atoms with van der Waals surface area (Å²) in [6.45, 7) is 0.123. The number of oxazole rings is 1. The number of sulfone groups is 1. The van der Waals surface area contributed by atoms with Gasteiger partial charge in [-0.1, -0.05) is 6.07 Å². The summed E-state index contributed by atoms with van der Waals surface area (Å²) in [6, 6.07) is 12.0. The third kappa shape index (κ3) is 3.80. The van der Waals surface area contributed by atoms with E-state index in [1.165, 1.54) is 30.5 Å². The molecule has 0 N–H and O–H groups in total. The van der Waals surface area contributed by atoms with Gasteiger partial charge in [0.15, 0.2) is 9.84 Å². The van der Waals surface area contributed by atoms with Crippen LogP contribution in [0, 0.1) is 5.82 Å². The first-order valence-electron chi connectivity index (χ1n) is 7.05. The zero-order chi connectivity index (χ0) is 17.2. The van der Waals surface area contributed by atoms with Gasteiger partial charge in [0.25, 0.3) is 0 Å². The fourth-order valence-corrected chi connectivity index (χ4v) is 2.71. The van der Waals surface area contributed by atoms with Crippen LogP contribution in [0.1, 0.15) is 5.69 Å². The minimum absolute atomic E-state index is 0.123. The minimum Gasteiger partial charge on any atom is -0.487 e. The number of ether oxygens (including phenoxy) is 1. The number of aromatic nitrogens is 1. The van der Waals surface area contributed by atoms with Crippen LogP contribution in [0.2, 0.25) is 0 Å². The second kappa shape index (κ2) is 6.45. The van der Waals surface area contributed by atoms with Gasteiger partial charge in [0, 0.05) is 11.8 Å². The lowest BCUT2D eigenvalue weighted by Gasteiger charge is -2.05. The van der Waals surface area contributed by atoms with E-state index in [4.69, 9.17) is 9.15 Å². The van der Waals surface area contributed by atoms with Gasteiger partial charge in [-0.2, -0.15) is 0 Å². The average Bonchev–Trinajstić information content (AvgIpc) is 3.02.